The van der Waals surface area contributed by atoms with E-state index in [1.165, 1.54) is 20.0 Å². The lowest BCUT2D eigenvalue weighted by Gasteiger charge is -2.19. The molecule has 7 heteroatoms. The molecule has 2 aromatic carbocycles. The van der Waals surface area contributed by atoms with Crippen molar-refractivity contribution in [2.45, 2.75) is 31.1 Å². The van der Waals surface area contributed by atoms with Gasteiger partial charge in [0.05, 0.1) is 11.3 Å². The summed E-state index contributed by atoms with van der Waals surface area (Å²) in [6, 6.07) is 16.2. The number of rotatable bonds is 7. The third-order valence-electron chi connectivity index (χ3n) is 4.24. The highest BCUT2D eigenvalue weighted by atomic mass is 35.5. The minimum atomic E-state index is -1.81. The minimum absolute atomic E-state index is 0.256. The number of nitrogens with zero attached hydrogens (tertiary/aromatic N) is 1. The third-order valence-corrected chi connectivity index (χ3v) is 5.32. The Morgan fingerprint density at radius 1 is 1.20 bits per heavy atom. The topological polar surface area (TPSA) is 51.2 Å². The van der Waals surface area contributed by atoms with E-state index in [-0.39, 0.29) is 5.91 Å². The molecule has 0 aliphatic rings. The summed E-state index contributed by atoms with van der Waals surface area (Å²) in [4.78, 5) is 17.9. The monoisotopic (exact) mass is 444 g/mol. The fraction of sp³-hybridized carbons (Fsp3) is 0.217. The van der Waals surface area contributed by atoms with Crippen molar-refractivity contribution < 1.29 is 13.9 Å². The molecule has 1 amide bonds. The van der Waals surface area contributed by atoms with Crippen molar-refractivity contribution in [2.75, 3.05) is 6.26 Å². The number of halogens is 2. The van der Waals surface area contributed by atoms with Crippen molar-refractivity contribution in [1.29, 1.82) is 0 Å². The molecule has 0 bridgehead atoms. The molecule has 0 saturated heterocycles. The smallest absolute Gasteiger partial charge is 0.253 e. The lowest BCUT2D eigenvalue weighted by molar-refractivity contribution is -0.0252. The summed E-state index contributed by atoms with van der Waals surface area (Å²) in [5.74, 6) is -1.68. The molecule has 0 fully saturated rings. The van der Waals surface area contributed by atoms with Crippen LogP contribution in [-0.2, 0) is 6.54 Å². The van der Waals surface area contributed by atoms with Crippen LogP contribution in [0.2, 0.25) is 5.02 Å². The van der Waals surface area contributed by atoms with Gasteiger partial charge in [0.15, 0.2) is 0 Å². The number of hydrogen-bond donors (Lipinski definition) is 1. The van der Waals surface area contributed by atoms with Crippen molar-refractivity contribution >= 4 is 29.3 Å². The van der Waals surface area contributed by atoms with Gasteiger partial charge in [0.25, 0.3) is 5.91 Å². The minimum Gasteiger partial charge on any atom is -0.458 e. The number of carbonyl (C=O) groups excluding carboxylic acids is 1. The fourth-order valence-electron chi connectivity index (χ4n) is 2.79. The first kappa shape index (κ1) is 22.1. The number of aromatic nitrogens is 1. The Kier molecular flexibility index (Phi) is 7.00. The van der Waals surface area contributed by atoms with Gasteiger partial charge >= 0.3 is 0 Å². The Morgan fingerprint density at radius 3 is 2.60 bits per heavy atom. The first-order valence-corrected chi connectivity index (χ1v) is 10.9. The lowest BCUT2D eigenvalue weighted by atomic mass is 10.1. The maximum atomic E-state index is 13.9. The van der Waals surface area contributed by atoms with Crippen LogP contribution in [0.4, 0.5) is 4.39 Å². The van der Waals surface area contributed by atoms with Crippen LogP contribution in [-0.4, -0.2) is 23.0 Å². The molecule has 30 heavy (non-hydrogen) atoms. The fourth-order valence-corrected chi connectivity index (χ4v) is 3.54. The number of thioether (sulfide) groups is 1. The second kappa shape index (κ2) is 9.49. The SMILES string of the molecule is CSc1ccc(CNC(=O)c2ccc(-c3ccccc3OC(C)(C)F)nc2)c(Cl)c1. The molecule has 0 spiro atoms. The summed E-state index contributed by atoms with van der Waals surface area (Å²) in [5.41, 5.74) is 2.49. The number of nitrogens with one attached hydrogen (secondary N) is 1. The molecular weight excluding hydrogens is 423 g/mol. The van der Waals surface area contributed by atoms with Crippen molar-refractivity contribution in [3.63, 3.8) is 0 Å². The first-order chi connectivity index (χ1) is 14.3. The summed E-state index contributed by atoms with van der Waals surface area (Å²) < 4.78 is 19.3. The van der Waals surface area contributed by atoms with Crippen molar-refractivity contribution in [3.05, 3.63) is 76.9 Å². The van der Waals surface area contributed by atoms with Crippen LogP contribution in [0.15, 0.2) is 65.7 Å². The predicted molar refractivity (Wildman–Crippen MR) is 120 cm³/mol. The van der Waals surface area contributed by atoms with E-state index in [0.29, 0.717) is 34.1 Å². The predicted octanol–water partition coefficient (Wildman–Crippen LogP) is 6.14. The molecule has 0 unspecified atom stereocenters. The summed E-state index contributed by atoms with van der Waals surface area (Å²) in [7, 11) is 0. The standard InChI is InChI=1S/C23H22ClFN2O2S/c1-23(2,25)29-21-7-5-4-6-18(21)20-11-9-16(14-26-20)22(28)27-13-15-8-10-17(30-3)12-19(15)24/h4-12,14H,13H2,1-3H3,(H,27,28). The molecule has 0 atom stereocenters. The van der Waals surface area contributed by atoms with Gasteiger partial charge in [-0.05, 0) is 48.2 Å². The van der Waals surface area contributed by atoms with Gasteiger partial charge in [-0.1, -0.05) is 29.8 Å². The summed E-state index contributed by atoms with van der Waals surface area (Å²) in [6.07, 6.45) is 3.47. The number of benzene rings is 2. The Hall–Kier alpha value is -2.57. The van der Waals surface area contributed by atoms with E-state index in [1.54, 1.807) is 42.1 Å². The van der Waals surface area contributed by atoms with E-state index >= 15 is 0 Å². The van der Waals surface area contributed by atoms with Gasteiger partial charge in [-0.3, -0.25) is 9.78 Å². The highest BCUT2D eigenvalue weighted by Gasteiger charge is 2.20. The van der Waals surface area contributed by atoms with E-state index in [0.717, 1.165) is 10.5 Å². The van der Waals surface area contributed by atoms with E-state index in [1.807, 2.05) is 30.5 Å². The van der Waals surface area contributed by atoms with Gasteiger partial charge in [0.1, 0.15) is 5.75 Å². The number of carbonyl (C=O) groups is 1. The number of amides is 1. The van der Waals surface area contributed by atoms with Crippen LogP contribution in [0, 0.1) is 0 Å². The van der Waals surface area contributed by atoms with Crippen LogP contribution in [0.25, 0.3) is 11.3 Å². The van der Waals surface area contributed by atoms with Crippen LogP contribution < -0.4 is 10.1 Å². The highest BCUT2D eigenvalue weighted by Crippen LogP contribution is 2.31. The average molecular weight is 445 g/mol. The highest BCUT2D eigenvalue weighted by molar-refractivity contribution is 7.98. The number of pyridine rings is 1. The molecule has 4 nitrogen and oxygen atoms in total. The molecule has 1 N–H and O–H groups in total. The zero-order valence-electron chi connectivity index (χ0n) is 16.9. The number of ether oxygens (including phenoxy) is 1. The first-order valence-electron chi connectivity index (χ1n) is 9.31. The van der Waals surface area contributed by atoms with Crippen LogP contribution in [0.5, 0.6) is 5.75 Å². The molecule has 0 radical (unpaired) electrons. The molecule has 156 valence electrons. The van der Waals surface area contributed by atoms with Gasteiger partial charge in [-0.25, -0.2) is 0 Å². The van der Waals surface area contributed by atoms with Crippen LogP contribution in [0.3, 0.4) is 0 Å². The van der Waals surface area contributed by atoms with Gasteiger partial charge in [-0.15, -0.1) is 11.8 Å². The zero-order valence-corrected chi connectivity index (χ0v) is 18.5. The second-order valence-corrected chi connectivity index (χ2v) is 8.32. The quantitative estimate of drug-likeness (QED) is 0.445. The van der Waals surface area contributed by atoms with Gasteiger partial charge in [-0.2, -0.15) is 4.39 Å². The molecule has 0 aliphatic heterocycles. The largest absolute Gasteiger partial charge is 0.458 e. The van der Waals surface area contributed by atoms with Gasteiger partial charge in [0.2, 0.25) is 5.85 Å². The molecule has 0 saturated carbocycles. The Balaban J connectivity index is 1.71. The van der Waals surface area contributed by atoms with Crippen molar-refractivity contribution in [2.24, 2.45) is 0 Å². The molecular formula is C23H22ClFN2O2S. The zero-order chi connectivity index (χ0) is 21.7. The normalized spacial score (nSPS) is 11.2. The van der Waals surface area contributed by atoms with Crippen molar-refractivity contribution in [1.82, 2.24) is 10.3 Å². The lowest BCUT2D eigenvalue weighted by Crippen LogP contribution is -2.23. The summed E-state index contributed by atoms with van der Waals surface area (Å²) in [6.45, 7) is 2.99. The average Bonchev–Trinajstić information content (AvgIpc) is 2.72. The maximum absolute atomic E-state index is 13.9. The van der Waals surface area contributed by atoms with Gasteiger partial charge < -0.3 is 10.1 Å². The van der Waals surface area contributed by atoms with E-state index < -0.39 is 5.85 Å². The molecule has 1 aromatic heterocycles. The molecule has 3 rings (SSSR count). The van der Waals surface area contributed by atoms with Crippen LogP contribution in [0.1, 0.15) is 29.8 Å². The van der Waals surface area contributed by atoms with E-state index in [2.05, 4.69) is 10.3 Å². The third kappa shape index (κ3) is 5.74. The Bertz CT molecular complexity index is 1040. The second-order valence-electron chi connectivity index (χ2n) is 7.03. The Morgan fingerprint density at radius 2 is 1.97 bits per heavy atom. The molecule has 0 aliphatic carbocycles. The summed E-state index contributed by atoms with van der Waals surface area (Å²) >= 11 is 7.88. The Labute approximate surface area is 184 Å². The van der Waals surface area contributed by atoms with E-state index in [9.17, 15) is 9.18 Å². The molecule has 1 heterocycles. The number of para-hydroxylation sites is 1. The van der Waals surface area contributed by atoms with E-state index in [4.69, 9.17) is 16.3 Å². The maximum Gasteiger partial charge on any atom is 0.253 e. The van der Waals surface area contributed by atoms with Gasteiger partial charge in [0, 0.05) is 42.1 Å². The number of hydrogen-bond acceptors (Lipinski definition) is 4. The van der Waals surface area contributed by atoms with Crippen molar-refractivity contribution in [3.8, 4) is 17.0 Å². The number of alkyl halides is 1. The summed E-state index contributed by atoms with van der Waals surface area (Å²) in [5, 5.41) is 3.46. The molecule has 3 aromatic rings. The van der Waals surface area contributed by atoms with Crippen LogP contribution >= 0.6 is 23.4 Å².